The third-order valence-corrected chi connectivity index (χ3v) is 2.40. The van der Waals surface area contributed by atoms with Crippen LogP contribution in [0, 0.1) is 0 Å². The zero-order chi connectivity index (χ0) is 11.4. The Hall–Kier alpha value is -1.82. The molecule has 0 bridgehead atoms. The van der Waals surface area contributed by atoms with Gasteiger partial charge in [0.05, 0.1) is 0 Å². The molecule has 0 aliphatic heterocycles. The summed E-state index contributed by atoms with van der Waals surface area (Å²) >= 11 is 3.25. The number of aromatic nitrogens is 3. The van der Waals surface area contributed by atoms with Gasteiger partial charge in [-0.15, -0.1) is 0 Å². The maximum Gasteiger partial charge on any atom is 0.277 e. The van der Waals surface area contributed by atoms with Crippen LogP contribution in [0.15, 0.2) is 41.3 Å². The lowest BCUT2D eigenvalue weighted by Crippen LogP contribution is -2.15. The van der Waals surface area contributed by atoms with Crippen LogP contribution in [0.2, 0.25) is 0 Å². The lowest BCUT2D eigenvalue weighted by molar-refractivity contribution is 0.102. The number of rotatable bonds is 2. The average molecular weight is 279 g/mol. The Labute approximate surface area is 100 Å². The number of amides is 1. The fraction of sp³-hybridized carbons (Fsp3) is 0. The van der Waals surface area contributed by atoms with E-state index in [0.717, 1.165) is 0 Å². The molecular weight excluding hydrogens is 272 g/mol. The first kappa shape index (κ1) is 10.7. The number of nitrogens with one attached hydrogen (secondary N) is 1. The summed E-state index contributed by atoms with van der Waals surface area (Å²) in [6, 6.07) is 5.15. The fourth-order valence-electron chi connectivity index (χ4n) is 1.08. The number of halogens is 1. The molecule has 2 rings (SSSR count). The molecular formula is C10H7BrN4O. The van der Waals surface area contributed by atoms with Gasteiger partial charge in [0.25, 0.3) is 5.91 Å². The highest BCUT2D eigenvalue weighted by molar-refractivity contribution is 9.10. The summed E-state index contributed by atoms with van der Waals surface area (Å²) in [4.78, 5) is 23.5. The Morgan fingerprint density at radius 3 is 2.50 bits per heavy atom. The van der Waals surface area contributed by atoms with Gasteiger partial charge in [0.15, 0.2) is 0 Å². The summed E-state index contributed by atoms with van der Waals surface area (Å²) in [5, 5.41) is 2.55. The molecule has 0 aromatic carbocycles. The minimum absolute atomic E-state index is 0.255. The molecule has 0 saturated heterocycles. The summed E-state index contributed by atoms with van der Waals surface area (Å²) in [6.07, 6.45) is 4.65. The quantitative estimate of drug-likeness (QED) is 0.911. The van der Waals surface area contributed by atoms with Crippen molar-refractivity contribution in [3.63, 3.8) is 0 Å². The number of hydrogen-bond donors (Lipinski definition) is 1. The van der Waals surface area contributed by atoms with Crippen molar-refractivity contribution in [1.82, 2.24) is 15.0 Å². The number of carbonyl (C=O) groups excluding carboxylic acids is 1. The molecule has 6 heteroatoms. The Morgan fingerprint density at radius 2 is 1.81 bits per heavy atom. The van der Waals surface area contributed by atoms with Crippen molar-refractivity contribution in [3.8, 4) is 0 Å². The van der Waals surface area contributed by atoms with Gasteiger partial charge in [-0.1, -0.05) is 0 Å². The first-order valence-electron chi connectivity index (χ1n) is 4.46. The average Bonchev–Trinajstić information content (AvgIpc) is 2.31. The molecule has 1 amide bonds. The normalized spacial score (nSPS) is 9.81. The maximum atomic E-state index is 11.8. The molecule has 5 nitrogen and oxygen atoms in total. The maximum absolute atomic E-state index is 11.8. The van der Waals surface area contributed by atoms with E-state index < -0.39 is 0 Å². The zero-order valence-electron chi connectivity index (χ0n) is 8.09. The van der Waals surface area contributed by atoms with Crippen molar-refractivity contribution >= 4 is 27.8 Å². The number of hydrogen-bond acceptors (Lipinski definition) is 4. The topological polar surface area (TPSA) is 67.8 Å². The summed E-state index contributed by atoms with van der Waals surface area (Å²) in [5.74, 6) is -0.0938. The van der Waals surface area contributed by atoms with Crippen LogP contribution >= 0.6 is 15.9 Å². The molecule has 0 saturated carbocycles. The Morgan fingerprint density at radius 1 is 1.12 bits per heavy atom. The predicted molar refractivity (Wildman–Crippen MR) is 61.9 cm³/mol. The van der Waals surface area contributed by atoms with E-state index in [0.29, 0.717) is 10.2 Å². The second kappa shape index (κ2) is 4.80. The number of pyridine rings is 1. The molecule has 1 N–H and O–H groups in total. The fourth-order valence-corrected chi connectivity index (χ4v) is 1.51. The van der Waals surface area contributed by atoms with Crippen molar-refractivity contribution in [1.29, 1.82) is 0 Å². The third-order valence-electron chi connectivity index (χ3n) is 1.76. The summed E-state index contributed by atoms with van der Waals surface area (Å²) in [7, 11) is 0. The minimum atomic E-state index is -0.348. The number of carbonyl (C=O) groups is 1. The van der Waals surface area contributed by atoms with Crippen LogP contribution in [-0.4, -0.2) is 20.9 Å². The second-order valence-electron chi connectivity index (χ2n) is 2.86. The molecule has 80 valence electrons. The molecule has 0 aliphatic rings. The van der Waals surface area contributed by atoms with Crippen LogP contribution in [0.4, 0.5) is 5.95 Å². The van der Waals surface area contributed by atoms with E-state index in [1.54, 1.807) is 36.8 Å². The van der Waals surface area contributed by atoms with Gasteiger partial charge in [0.2, 0.25) is 5.95 Å². The monoisotopic (exact) mass is 278 g/mol. The van der Waals surface area contributed by atoms with Gasteiger partial charge in [-0.2, -0.15) is 0 Å². The van der Waals surface area contributed by atoms with E-state index in [2.05, 4.69) is 36.2 Å². The van der Waals surface area contributed by atoms with Crippen molar-refractivity contribution in [2.45, 2.75) is 0 Å². The van der Waals surface area contributed by atoms with Gasteiger partial charge >= 0.3 is 0 Å². The lowest BCUT2D eigenvalue weighted by Gasteiger charge is -2.03. The standard InChI is InChI=1S/C10H7BrN4O/c11-7-3-1-4-12-8(7)9(16)15-10-13-5-2-6-14-10/h1-6H,(H,13,14,15,16). The van der Waals surface area contributed by atoms with Gasteiger partial charge in [-0.25, -0.2) is 15.0 Å². The van der Waals surface area contributed by atoms with Gasteiger partial charge in [0, 0.05) is 23.1 Å². The van der Waals surface area contributed by atoms with E-state index in [9.17, 15) is 4.79 Å². The highest BCUT2D eigenvalue weighted by Gasteiger charge is 2.11. The van der Waals surface area contributed by atoms with Crippen molar-refractivity contribution in [2.24, 2.45) is 0 Å². The molecule has 0 unspecified atom stereocenters. The zero-order valence-corrected chi connectivity index (χ0v) is 9.68. The number of anilines is 1. The van der Waals surface area contributed by atoms with Crippen LogP contribution in [0.5, 0.6) is 0 Å². The van der Waals surface area contributed by atoms with Gasteiger partial charge in [0.1, 0.15) is 5.69 Å². The summed E-state index contributed by atoms with van der Waals surface area (Å²) in [6.45, 7) is 0. The van der Waals surface area contributed by atoms with Crippen molar-refractivity contribution < 1.29 is 4.79 Å². The lowest BCUT2D eigenvalue weighted by atomic mass is 10.3. The molecule has 0 aliphatic carbocycles. The molecule has 16 heavy (non-hydrogen) atoms. The second-order valence-corrected chi connectivity index (χ2v) is 3.71. The first-order chi connectivity index (χ1) is 7.77. The van der Waals surface area contributed by atoms with Gasteiger partial charge in [-0.3, -0.25) is 10.1 Å². The third kappa shape index (κ3) is 2.40. The highest BCUT2D eigenvalue weighted by Crippen LogP contribution is 2.13. The van der Waals surface area contributed by atoms with Crippen LogP contribution in [0.1, 0.15) is 10.5 Å². The van der Waals surface area contributed by atoms with Crippen LogP contribution < -0.4 is 5.32 Å². The Bertz CT molecular complexity index is 503. The molecule has 0 spiro atoms. The predicted octanol–water partition coefficient (Wildman–Crippen LogP) is 1.89. The molecule has 0 atom stereocenters. The van der Waals surface area contributed by atoms with E-state index in [1.807, 2.05) is 0 Å². The minimum Gasteiger partial charge on any atom is -0.289 e. The van der Waals surface area contributed by atoms with Gasteiger partial charge < -0.3 is 0 Å². The van der Waals surface area contributed by atoms with Crippen molar-refractivity contribution in [2.75, 3.05) is 5.32 Å². The smallest absolute Gasteiger partial charge is 0.277 e. The van der Waals surface area contributed by atoms with E-state index in [4.69, 9.17) is 0 Å². The summed E-state index contributed by atoms with van der Waals surface area (Å²) in [5.41, 5.74) is 0.301. The van der Waals surface area contributed by atoms with E-state index in [-0.39, 0.29) is 11.9 Å². The number of nitrogens with zero attached hydrogens (tertiary/aromatic N) is 3. The van der Waals surface area contributed by atoms with E-state index >= 15 is 0 Å². The molecule has 0 radical (unpaired) electrons. The van der Waals surface area contributed by atoms with E-state index in [1.165, 1.54) is 0 Å². The largest absolute Gasteiger partial charge is 0.289 e. The van der Waals surface area contributed by atoms with Crippen LogP contribution in [0.25, 0.3) is 0 Å². The van der Waals surface area contributed by atoms with Crippen LogP contribution in [-0.2, 0) is 0 Å². The van der Waals surface area contributed by atoms with Crippen molar-refractivity contribution in [3.05, 3.63) is 47.0 Å². The highest BCUT2D eigenvalue weighted by atomic mass is 79.9. The first-order valence-corrected chi connectivity index (χ1v) is 5.25. The molecule has 2 heterocycles. The summed E-state index contributed by atoms with van der Waals surface area (Å²) < 4.78 is 0.628. The van der Waals surface area contributed by atoms with Gasteiger partial charge in [-0.05, 0) is 34.1 Å². The molecule has 2 aromatic heterocycles. The van der Waals surface area contributed by atoms with Crippen LogP contribution in [0.3, 0.4) is 0 Å². The molecule has 0 fully saturated rings. The molecule has 2 aromatic rings. The Balaban J connectivity index is 2.19. The Kier molecular flexibility index (Phi) is 3.21. The SMILES string of the molecule is O=C(Nc1ncccn1)c1ncccc1Br.